The van der Waals surface area contributed by atoms with Crippen LogP contribution >= 0.6 is 0 Å². The van der Waals surface area contributed by atoms with Gasteiger partial charge in [0.15, 0.2) is 0 Å². The Morgan fingerprint density at radius 2 is 1.13 bits per heavy atom. The van der Waals surface area contributed by atoms with E-state index < -0.39 is 17.9 Å². The molecule has 0 rings (SSSR count). The number of hydrogen-bond donors (Lipinski definition) is 2. The molecular weight excluding hydrogens is 396 g/mol. The third-order valence-corrected chi connectivity index (χ3v) is 4.70. The highest BCUT2D eigenvalue weighted by Crippen LogP contribution is 2.13. The Morgan fingerprint density at radius 3 is 1.58 bits per heavy atom. The van der Waals surface area contributed by atoms with Crippen molar-refractivity contribution >= 4 is 17.9 Å². The van der Waals surface area contributed by atoms with Crippen LogP contribution < -0.4 is 0 Å². The summed E-state index contributed by atoms with van der Waals surface area (Å²) in [5, 5.41) is 17.4. The number of carboxylic acids is 2. The van der Waals surface area contributed by atoms with Crippen molar-refractivity contribution in [2.75, 3.05) is 6.61 Å². The fraction of sp³-hybridized carbons (Fsp3) is 0.480. The first-order valence-corrected chi connectivity index (χ1v) is 10.5. The maximum Gasteiger partial charge on any atom is 0.334 e. The summed E-state index contributed by atoms with van der Waals surface area (Å²) >= 11 is 0. The summed E-state index contributed by atoms with van der Waals surface area (Å²) in [6.45, 7) is 9.31. The number of allylic oxidation sites excluding steroid dienone is 6. The minimum absolute atomic E-state index is 0.0632. The van der Waals surface area contributed by atoms with Gasteiger partial charge < -0.3 is 14.9 Å². The van der Waals surface area contributed by atoms with E-state index in [0.717, 1.165) is 50.2 Å². The molecule has 0 aromatic carbocycles. The van der Waals surface area contributed by atoms with Crippen molar-refractivity contribution in [3.05, 3.63) is 58.2 Å². The Labute approximate surface area is 185 Å². The van der Waals surface area contributed by atoms with Gasteiger partial charge in [0.1, 0.15) is 6.61 Å². The summed E-state index contributed by atoms with van der Waals surface area (Å²) in [4.78, 5) is 32.9. The number of aliphatic carboxylic acids is 2. The smallest absolute Gasteiger partial charge is 0.334 e. The Hall–Kier alpha value is -2.89. The summed E-state index contributed by atoms with van der Waals surface area (Å²) in [5.41, 5.74) is 4.15. The number of carboxylic acid groups (broad SMARTS) is 2. The highest BCUT2D eigenvalue weighted by molar-refractivity contribution is 5.95. The first kappa shape index (κ1) is 28.1. The number of esters is 1. The van der Waals surface area contributed by atoms with Gasteiger partial charge in [-0.3, -0.25) is 0 Å². The fourth-order valence-electron chi connectivity index (χ4n) is 2.62. The van der Waals surface area contributed by atoms with E-state index in [2.05, 4.69) is 26.0 Å². The minimum atomic E-state index is -1.17. The predicted molar refractivity (Wildman–Crippen MR) is 123 cm³/mol. The molecule has 0 saturated carbocycles. The monoisotopic (exact) mass is 432 g/mol. The number of carbonyl (C=O) groups excluding carboxylic acids is 1. The van der Waals surface area contributed by atoms with E-state index in [1.807, 2.05) is 13.0 Å². The lowest BCUT2D eigenvalue weighted by Crippen LogP contribution is -2.07. The predicted octanol–water partition coefficient (Wildman–Crippen LogP) is 5.77. The van der Waals surface area contributed by atoms with Crippen molar-refractivity contribution in [1.29, 1.82) is 0 Å². The lowest BCUT2D eigenvalue weighted by Gasteiger charge is -2.04. The molecule has 0 bridgehead atoms. The molecule has 6 nitrogen and oxygen atoms in total. The van der Waals surface area contributed by atoms with Crippen molar-refractivity contribution < 1.29 is 29.3 Å². The van der Waals surface area contributed by atoms with E-state index in [4.69, 9.17) is 14.9 Å². The van der Waals surface area contributed by atoms with Gasteiger partial charge in [0.2, 0.25) is 0 Å². The van der Waals surface area contributed by atoms with Crippen molar-refractivity contribution in [1.82, 2.24) is 0 Å². The Morgan fingerprint density at radius 1 is 0.677 bits per heavy atom. The molecule has 0 aromatic rings. The molecule has 31 heavy (non-hydrogen) atoms. The van der Waals surface area contributed by atoms with Crippen LogP contribution in [0.2, 0.25) is 0 Å². The second kappa shape index (κ2) is 15.9. The lowest BCUT2D eigenvalue weighted by molar-refractivity contribution is -0.139. The van der Waals surface area contributed by atoms with E-state index in [9.17, 15) is 14.4 Å². The summed E-state index contributed by atoms with van der Waals surface area (Å²) < 4.78 is 5.03. The molecule has 0 aliphatic heterocycles. The maximum atomic E-state index is 11.6. The SMILES string of the molecule is C/C(=C\CC/C(C)=C/COC(=O)/C(C)=C/C(=O)O)CC/C=C(\C)CC/C=C(\C)C(=O)O. The highest BCUT2D eigenvalue weighted by Gasteiger charge is 2.06. The van der Waals surface area contributed by atoms with Crippen LogP contribution in [0.5, 0.6) is 0 Å². The van der Waals surface area contributed by atoms with Crippen LogP contribution in [0, 0.1) is 0 Å². The Bertz CT molecular complexity index is 778. The molecule has 0 spiro atoms. The first-order chi connectivity index (χ1) is 14.5. The summed E-state index contributed by atoms with van der Waals surface area (Å²) in [6.07, 6.45) is 14.2. The quantitative estimate of drug-likeness (QED) is 0.205. The minimum Gasteiger partial charge on any atom is -0.478 e. The number of ether oxygens (including phenoxy) is 1. The van der Waals surface area contributed by atoms with Gasteiger partial charge in [0.25, 0.3) is 0 Å². The summed E-state index contributed by atoms with van der Waals surface area (Å²) in [5.74, 6) is -2.66. The summed E-state index contributed by atoms with van der Waals surface area (Å²) in [6, 6.07) is 0. The fourth-order valence-corrected chi connectivity index (χ4v) is 2.62. The molecule has 0 fully saturated rings. The second-order valence-corrected chi connectivity index (χ2v) is 7.72. The van der Waals surface area contributed by atoms with Crippen LogP contribution in [-0.2, 0) is 19.1 Å². The summed E-state index contributed by atoms with van der Waals surface area (Å²) in [7, 11) is 0. The maximum absolute atomic E-state index is 11.6. The van der Waals surface area contributed by atoms with E-state index in [1.54, 1.807) is 13.0 Å². The molecule has 0 radical (unpaired) electrons. The van der Waals surface area contributed by atoms with Crippen LogP contribution in [0.1, 0.15) is 73.1 Å². The zero-order valence-electron chi connectivity index (χ0n) is 19.4. The zero-order valence-corrected chi connectivity index (χ0v) is 19.4. The van der Waals surface area contributed by atoms with Crippen molar-refractivity contribution in [3.8, 4) is 0 Å². The Balaban J connectivity index is 4.22. The third-order valence-electron chi connectivity index (χ3n) is 4.70. The van der Waals surface area contributed by atoms with Gasteiger partial charge in [-0.1, -0.05) is 34.9 Å². The molecule has 0 aliphatic carbocycles. The molecule has 2 N–H and O–H groups in total. The van der Waals surface area contributed by atoms with Crippen molar-refractivity contribution in [2.45, 2.75) is 73.1 Å². The average Bonchev–Trinajstić information content (AvgIpc) is 2.67. The van der Waals surface area contributed by atoms with Crippen LogP contribution in [0.3, 0.4) is 0 Å². The first-order valence-electron chi connectivity index (χ1n) is 10.5. The van der Waals surface area contributed by atoms with Gasteiger partial charge in [0.05, 0.1) is 0 Å². The largest absolute Gasteiger partial charge is 0.478 e. The van der Waals surface area contributed by atoms with Crippen LogP contribution in [0.4, 0.5) is 0 Å². The van der Waals surface area contributed by atoms with Gasteiger partial charge >= 0.3 is 17.9 Å². The molecule has 6 heteroatoms. The van der Waals surface area contributed by atoms with Crippen molar-refractivity contribution in [2.24, 2.45) is 0 Å². The van der Waals surface area contributed by atoms with Crippen molar-refractivity contribution in [3.63, 3.8) is 0 Å². The molecule has 0 aliphatic rings. The van der Waals surface area contributed by atoms with Crippen LogP contribution in [0.25, 0.3) is 0 Å². The van der Waals surface area contributed by atoms with E-state index >= 15 is 0 Å². The van der Waals surface area contributed by atoms with Crippen LogP contribution in [0.15, 0.2) is 58.2 Å². The Kier molecular flexibility index (Phi) is 14.4. The molecule has 0 aromatic heterocycles. The van der Waals surface area contributed by atoms with Gasteiger partial charge in [-0.25, -0.2) is 14.4 Å². The highest BCUT2D eigenvalue weighted by atomic mass is 16.5. The van der Waals surface area contributed by atoms with Gasteiger partial charge in [-0.05, 0) is 79.2 Å². The third kappa shape index (κ3) is 15.6. The lowest BCUT2D eigenvalue weighted by atomic mass is 10.0. The molecule has 0 amide bonds. The average molecular weight is 433 g/mol. The van der Waals surface area contributed by atoms with E-state index in [1.165, 1.54) is 18.1 Å². The van der Waals surface area contributed by atoms with E-state index in [0.29, 0.717) is 5.57 Å². The molecular formula is C25H36O6. The van der Waals surface area contributed by atoms with E-state index in [-0.39, 0.29) is 12.2 Å². The molecule has 0 heterocycles. The van der Waals surface area contributed by atoms with Crippen LogP contribution in [-0.4, -0.2) is 34.7 Å². The number of carbonyl (C=O) groups is 3. The molecule has 0 unspecified atom stereocenters. The standard InChI is InChI=1S/C25H36O6/c1-18(9-6-10-19(2)13-8-14-21(4)24(28)29)11-7-12-20(3)15-16-31-25(30)22(5)17-23(26)27/h10-11,14-15,17H,6-9,12-13,16H2,1-5H3,(H,26,27)(H,28,29)/b18-11+,19-10+,20-15+,21-14+,22-17+. The second-order valence-electron chi connectivity index (χ2n) is 7.72. The molecule has 0 atom stereocenters. The normalized spacial score (nSPS) is 13.9. The molecule has 172 valence electrons. The van der Waals surface area contributed by atoms with Gasteiger partial charge in [0, 0.05) is 17.2 Å². The topological polar surface area (TPSA) is 101 Å². The van der Waals surface area contributed by atoms with Gasteiger partial charge in [-0.15, -0.1) is 0 Å². The molecule has 0 saturated heterocycles. The zero-order chi connectivity index (χ0) is 23.8. The number of hydrogen-bond acceptors (Lipinski definition) is 4. The van der Waals surface area contributed by atoms with Gasteiger partial charge in [-0.2, -0.15) is 0 Å². The number of rotatable bonds is 14.